The maximum Gasteiger partial charge on any atom is 0.279 e. The molecule has 0 spiro atoms. The molecule has 1 saturated heterocycles. The Kier molecular flexibility index (Phi) is 7.36. The highest BCUT2D eigenvalue weighted by atomic mass is 19.1. The Bertz CT molecular complexity index is 813. The Labute approximate surface area is 171 Å². The molecule has 3 rings (SSSR count). The summed E-state index contributed by atoms with van der Waals surface area (Å²) in [5.41, 5.74) is 3.09. The molecular weight excluding hydrogens is 369 g/mol. The summed E-state index contributed by atoms with van der Waals surface area (Å²) in [7, 11) is 0. The highest BCUT2D eigenvalue weighted by Gasteiger charge is 2.25. The minimum absolute atomic E-state index is 0.0955. The lowest BCUT2D eigenvalue weighted by Gasteiger charge is -2.32. The third-order valence-electron chi connectivity index (χ3n) is 5.42. The summed E-state index contributed by atoms with van der Waals surface area (Å²) in [5.74, 6) is -0.242. The highest BCUT2D eigenvalue weighted by molar-refractivity contribution is 5.91. The number of piperazine rings is 1. The maximum absolute atomic E-state index is 12.9. The molecule has 0 atom stereocenters. The van der Waals surface area contributed by atoms with E-state index in [1.807, 2.05) is 4.90 Å². The molecule has 0 bridgehead atoms. The van der Waals surface area contributed by atoms with Crippen LogP contribution in [0, 0.1) is 5.82 Å². The van der Waals surface area contributed by atoms with Crippen LogP contribution in [0.25, 0.3) is 0 Å². The van der Waals surface area contributed by atoms with Crippen molar-refractivity contribution in [3.05, 3.63) is 65.5 Å². The molecule has 1 fully saturated rings. The number of carbonyl (C=O) groups is 2. The van der Waals surface area contributed by atoms with Crippen LogP contribution in [0.5, 0.6) is 0 Å². The van der Waals surface area contributed by atoms with Crippen molar-refractivity contribution in [2.75, 3.05) is 38.0 Å². The Balaban J connectivity index is 1.38. The zero-order valence-corrected chi connectivity index (χ0v) is 16.9. The highest BCUT2D eigenvalue weighted by Crippen LogP contribution is 2.09. The van der Waals surface area contributed by atoms with E-state index in [0.29, 0.717) is 31.7 Å². The number of amides is 2. The number of aryl methyl sites for hydroxylation is 2. The van der Waals surface area contributed by atoms with Crippen molar-refractivity contribution in [1.82, 2.24) is 4.90 Å². The van der Waals surface area contributed by atoms with Crippen molar-refractivity contribution in [2.45, 2.75) is 26.2 Å². The molecular formula is C23H29FN3O2+. The number of hydrogen-bond acceptors (Lipinski definition) is 2. The van der Waals surface area contributed by atoms with Gasteiger partial charge in [0.05, 0.1) is 26.2 Å². The molecule has 0 aliphatic carbocycles. The van der Waals surface area contributed by atoms with Gasteiger partial charge >= 0.3 is 0 Å². The van der Waals surface area contributed by atoms with Crippen molar-refractivity contribution in [1.29, 1.82) is 0 Å². The Hall–Kier alpha value is -2.73. The van der Waals surface area contributed by atoms with Gasteiger partial charge in [-0.3, -0.25) is 9.59 Å². The smallest absolute Gasteiger partial charge is 0.279 e. The van der Waals surface area contributed by atoms with E-state index in [0.717, 1.165) is 30.8 Å². The molecule has 1 aliphatic heterocycles. The Morgan fingerprint density at radius 2 is 1.62 bits per heavy atom. The molecule has 6 heteroatoms. The van der Waals surface area contributed by atoms with Crippen molar-refractivity contribution in [3.63, 3.8) is 0 Å². The van der Waals surface area contributed by atoms with Gasteiger partial charge in [-0.2, -0.15) is 0 Å². The number of carbonyl (C=O) groups excluding carboxylic acids is 2. The number of rotatable bonds is 7. The minimum atomic E-state index is -0.326. The van der Waals surface area contributed by atoms with E-state index in [9.17, 15) is 14.0 Å². The maximum atomic E-state index is 12.9. The van der Waals surface area contributed by atoms with E-state index in [1.54, 1.807) is 12.1 Å². The van der Waals surface area contributed by atoms with Crippen LogP contribution in [-0.2, 0) is 22.4 Å². The van der Waals surface area contributed by atoms with E-state index >= 15 is 0 Å². The van der Waals surface area contributed by atoms with Crippen molar-refractivity contribution in [2.24, 2.45) is 0 Å². The lowest BCUT2D eigenvalue weighted by Crippen LogP contribution is -3.15. The molecule has 0 unspecified atom stereocenters. The second kappa shape index (κ2) is 10.2. The second-order valence-corrected chi connectivity index (χ2v) is 7.53. The van der Waals surface area contributed by atoms with Crippen LogP contribution in [0.2, 0.25) is 0 Å². The average molecular weight is 399 g/mol. The second-order valence-electron chi connectivity index (χ2n) is 7.53. The number of benzene rings is 2. The first kappa shape index (κ1) is 21.0. The van der Waals surface area contributed by atoms with Gasteiger partial charge < -0.3 is 15.1 Å². The van der Waals surface area contributed by atoms with Gasteiger partial charge in [0.1, 0.15) is 5.82 Å². The van der Waals surface area contributed by atoms with Gasteiger partial charge in [-0.15, -0.1) is 0 Å². The molecule has 1 aliphatic rings. The Morgan fingerprint density at radius 1 is 1.00 bits per heavy atom. The van der Waals surface area contributed by atoms with Crippen LogP contribution < -0.4 is 10.2 Å². The zero-order valence-electron chi connectivity index (χ0n) is 16.9. The largest absolute Gasteiger partial charge is 0.331 e. The predicted molar refractivity (Wildman–Crippen MR) is 111 cm³/mol. The van der Waals surface area contributed by atoms with Gasteiger partial charge in [0.25, 0.3) is 5.91 Å². The normalized spacial score (nSPS) is 14.6. The van der Waals surface area contributed by atoms with E-state index in [1.165, 1.54) is 23.3 Å². The molecule has 5 nitrogen and oxygen atoms in total. The summed E-state index contributed by atoms with van der Waals surface area (Å²) in [4.78, 5) is 27.7. The molecule has 2 aromatic rings. The summed E-state index contributed by atoms with van der Waals surface area (Å²) in [6.45, 7) is 5.34. The van der Waals surface area contributed by atoms with Crippen LogP contribution in [0.4, 0.5) is 10.1 Å². The van der Waals surface area contributed by atoms with E-state index < -0.39 is 0 Å². The van der Waals surface area contributed by atoms with Gasteiger partial charge in [0, 0.05) is 12.1 Å². The number of quaternary nitrogens is 1. The number of nitrogens with zero attached hydrogens (tertiary/aromatic N) is 1. The van der Waals surface area contributed by atoms with Crippen LogP contribution in [0.1, 0.15) is 24.5 Å². The van der Waals surface area contributed by atoms with Crippen LogP contribution >= 0.6 is 0 Å². The number of nitrogens with one attached hydrogen (secondary N) is 2. The van der Waals surface area contributed by atoms with Gasteiger partial charge in [0.15, 0.2) is 6.54 Å². The zero-order chi connectivity index (χ0) is 20.6. The first-order valence-corrected chi connectivity index (χ1v) is 10.3. The van der Waals surface area contributed by atoms with Crippen LogP contribution in [0.15, 0.2) is 48.5 Å². The first-order valence-electron chi connectivity index (χ1n) is 10.3. The summed E-state index contributed by atoms with van der Waals surface area (Å²) in [5, 5.41) is 2.79. The Morgan fingerprint density at radius 3 is 2.24 bits per heavy atom. The van der Waals surface area contributed by atoms with Gasteiger partial charge in [0.2, 0.25) is 5.91 Å². The van der Waals surface area contributed by atoms with Gasteiger partial charge in [-0.1, -0.05) is 31.2 Å². The lowest BCUT2D eigenvalue weighted by molar-refractivity contribution is -0.895. The molecule has 154 valence electrons. The monoisotopic (exact) mass is 398 g/mol. The lowest BCUT2D eigenvalue weighted by atomic mass is 10.1. The van der Waals surface area contributed by atoms with E-state index in [2.05, 4.69) is 36.5 Å². The quantitative estimate of drug-likeness (QED) is 0.746. The topological polar surface area (TPSA) is 53.9 Å². The number of anilines is 1. The molecule has 0 radical (unpaired) electrons. The standard InChI is InChI=1S/C23H28FN3O2/c1-2-18-3-5-19(6-4-18)7-12-23(29)27-15-13-26(14-16-27)17-22(28)25-21-10-8-20(24)9-11-21/h3-6,8-11H,2,7,12-17H2,1H3,(H,25,28)/p+1. The van der Waals surface area contributed by atoms with Crippen molar-refractivity contribution < 1.29 is 18.9 Å². The molecule has 2 aromatic carbocycles. The minimum Gasteiger partial charge on any atom is -0.331 e. The SMILES string of the molecule is CCc1ccc(CCC(=O)N2CC[NH+](CC(=O)Nc3ccc(F)cc3)CC2)cc1. The fourth-order valence-corrected chi connectivity index (χ4v) is 3.57. The van der Waals surface area contributed by atoms with E-state index in [-0.39, 0.29) is 17.6 Å². The predicted octanol–water partition coefficient (Wildman–Crippen LogP) is 1.69. The number of hydrogen-bond donors (Lipinski definition) is 2. The molecule has 0 aromatic heterocycles. The van der Waals surface area contributed by atoms with Crippen LogP contribution in [0.3, 0.4) is 0 Å². The number of halogens is 1. The van der Waals surface area contributed by atoms with Crippen LogP contribution in [-0.4, -0.2) is 49.4 Å². The molecule has 2 amide bonds. The molecule has 0 saturated carbocycles. The fraction of sp³-hybridized carbons (Fsp3) is 0.391. The van der Waals surface area contributed by atoms with E-state index in [4.69, 9.17) is 0 Å². The summed E-state index contributed by atoms with van der Waals surface area (Å²) in [6.07, 6.45) is 2.30. The molecule has 1 heterocycles. The third kappa shape index (κ3) is 6.39. The van der Waals surface area contributed by atoms with Gasteiger partial charge in [-0.05, 0) is 48.2 Å². The third-order valence-corrected chi connectivity index (χ3v) is 5.42. The van der Waals surface area contributed by atoms with Crippen molar-refractivity contribution >= 4 is 17.5 Å². The fourth-order valence-electron chi connectivity index (χ4n) is 3.57. The first-order chi connectivity index (χ1) is 14.0. The molecule has 29 heavy (non-hydrogen) atoms. The summed E-state index contributed by atoms with van der Waals surface area (Å²) >= 11 is 0. The van der Waals surface area contributed by atoms with Gasteiger partial charge in [-0.25, -0.2) is 4.39 Å². The average Bonchev–Trinajstić information content (AvgIpc) is 2.74. The summed E-state index contributed by atoms with van der Waals surface area (Å²) in [6, 6.07) is 14.2. The summed E-state index contributed by atoms with van der Waals surface area (Å²) < 4.78 is 12.9. The molecule has 2 N–H and O–H groups in total. The van der Waals surface area contributed by atoms with Crippen molar-refractivity contribution in [3.8, 4) is 0 Å².